The van der Waals surface area contributed by atoms with Crippen LogP contribution in [0.3, 0.4) is 0 Å². The Morgan fingerprint density at radius 2 is 2.00 bits per heavy atom. The van der Waals surface area contributed by atoms with Crippen LogP contribution in [0.1, 0.15) is 36.2 Å². The molecule has 1 aromatic carbocycles. The van der Waals surface area contributed by atoms with E-state index >= 15 is 0 Å². The first-order valence-corrected chi connectivity index (χ1v) is 7.26. The zero-order chi connectivity index (χ0) is 15.5. The Kier molecular flexibility index (Phi) is 6.65. The van der Waals surface area contributed by atoms with Crippen LogP contribution in [-0.4, -0.2) is 36.9 Å². The number of primary amides is 1. The summed E-state index contributed by atoms with van der Waals surface area (Å²) in [7, 11) is 1.81. The fourth-order valence-electron chi connectivity index (χ4n) is 2.59. The molecule has 22 heavy (non-hydrogen) atoms. The van der Waals surface area contributed by atoms with Crippen LogP contribution in [0.2, 0.25) is 0 Å². The summed E-state index contributed by atoms with van der Waals surface area (Å²) in [5, 5.41) is 3.37. The zero-order valence-electron chi connectivity index (χ0n) is 13.4. The summed E-state index contributed by atoms with van der Waals surface area (Å²) in [6.45, 7) is 7.30. The Balaban J connectivity index is 0.00000242. The topological polar surface area (TPSA) is 70.7 Å². The van der Waals surface area contributed by atoms with Crippen molar-refractivity contribution in [3.8, 4) is 0 Å². The summed E-state index contributed by atoms with van der Waals surface area (Å²) >= 11 is 0. The lowest BCUT2D eigenvalue weighted by Gasteiger charge is -2.23. The molecule has 0 aliphatic carbocycles. The first-order chi connectivity index (χ1) is 9.91. The van der Waals surface area contributed by atoms with Crippen LogP contribution >= 0.6 is 24.0 Å². The van der Waals surface area contributed by atoms with Gasteiger partial charge in [-0.15, -0.1) is 24.0 Å². The number of rotatable bonds is 3. The molecule has 1 aromatic rings. The molecule has 1 aliphatic rings. The van der Waals surface area contributed by atoms with Crippen LogP contribution < -0.4 is 11.1 Å². The van der Waals surface area contributed by atoms with Gasteiger partial charge in [0, 0.05) is 32.2 Å². The van der Waals surface area contributed by atoms with Gasteiger partial charge in [-0.1, -0.05) is 26.0 Å². The van der Waals surface area contributed by atoms with E-state index in [0.29, 0.717) is 17.5 Å². The third kappa shape index (κ3) is 4.86. The number of hydrogen-bond donors (Lipinski definition) is 2. The first-order valence-electron chi connectivity index (χ1n) is 7.26. The Morgan fingerprint density at radius 1 is 1.36 bits per heavy atom. The van der Waals surface area contributed by atoms with E-state index in [2.05, 4.69) is 29.1 Å². The molecule has 3 N–H and O–H groups in total. The number of halogens is 1. The predicted molar refractivity (Wildman–Crippen MR) is 101 cm³/mol. The Bertz CT molecular complexity index is 540. The van der Waals surface area contributed by atoms with E-state index < -0.39 is 5.91 Å². The summed E-state index contributed by atoms with van der Waals surface area (Å²) < 4.78 is 0. The summed E-state index contributed by atoms with van der Waals surface area (Å²) in [6.07, 6.45) is 1.18. The molecule has 6 heteroatoms. The lowest BCUT2D eigenvalue weighted by atomic mass is 9.93. The second-order valence-electron chi connectivity index (χ2n) is 6.30. The molecule has 0 spiro atoms. The molecule has 0 unspecified atom stereocenters. The minimum absolute atomic E-state index is 0. The number of amides is 1. The highest BCUT2D eigenvalue weighted by Gasteiger charge is 2.30. The molecule has 5 nitrogen and oxygen atoms in total. The lowest BCUT2D eigenvalue weighted by molar-refractivity contribution is 0.100. The predicted octanol–water partition coefficient (Wildman–Crippen LogP) is 2.21. The van der Waals surface area contributed by atoms with Gasteiger partial charge in [0.15, 0.2) is 5.96 Å². The highest BCUT2D eigenvalue weighted by atomic mass is 127. The minimum atomic E-state index is -0.399. The van der Waals surface area contributed by atoms with E-state index in [9.17, 15) is 4.79 Å². The largest absolute Gasteiger partial charge is 0.366 e. The number of benzene rings is 1. The lowest BCUT2D eigenvalue weighted by Crippen LogP contribution is -2.40. The van der Waals surface area contributed by atoms with Crippen LogP contribution in [0, 0.1) is 5.41 Å². The summed E-state index contributed by atoms with van der Waals surface area (Å²) in [5.74, 6) is 0.532. The smallest absolute Gasteiger partial charge is 0.248 e. The molecule has 1 aliphatic heterocycles. The van der Waals surface area contributed by atoms with Gasteiger partial charge in [-0.3, -0.25) is 9.79 Å². The van der Waals surface area contributed by atoms with Crippen LogP contribution in [0.15, 0.2) is 29.3 Å². The number of guanidine groups is 1. The Labute approximate surface area is 149 Å². The third-order valence-corrected chi connectivity index (χ3v) is 3.88. The minimum Gasteiger partial charge on any atom is -0.366 e. The molecular formula is C16H25IN4O. The molecule has 1 amide bonds. The number of nitrogens with two attached hydrogens (primary N) is 1. The summed E-state index contributed by atoms with van der Waals surface area (Å²) in [5.41, 5.74) is 7.21. The zero-order valence-corrected chi connectivity index (χ0v) is 15.8. The Hall–Kier alpha value is -1.31. The monoisotopic (exact) mass is 416 g/mol. The fourth-order valence-corrected chi connectivity index (χ4v) is 2.59. The molecule has 2 rings (SSSR count). The first kappa shape index (κ1) is 18.7. The van der Waals surface area contributed by atoms with Gasteiger partial charge >= 0.3 is 0 Å². The van der Waals surface area contributed by atoms with Crippen molar-refractivity contribution in [2.45, 2.75) is 26.8 Å². The maximum absolute atomic E-state index is 11.0. The van der Waals surface area contributed by atoms with Crippen molar-refractivity contribution < 1.29 is 4.79 Å². The van der Waals surface area contributed by atoms with Gasteiger partial charge in [-0.25, -0.2) is 0 Å². The number of aliphatic imine (C=N–C) groups is 1. The number of likely N-dealkylation sites (tertiary alicyclic amines) is 1. The van der Waals surface area contributed by atoms with Crippen LogP contribution in [0.4, 0.5) is 0 Å². The van der Waals surface area contributed by atoms with E-state index in [1.165, 1.54) is 6.42 Å². The van der Waals surface area contributed by atoms with Crippen LogP contribution in [0.5, 0.6) is 0 Å². The average Bonchev–Trinajstić information content (AvgIpc) is 2.80. The molecule has 0 bridgehead atoms. The van der Waals surface area contributed by atoms with E-state index in [0.717, 1.165) is 24.6 Å². The summed E-state index contributed by atoms with van der Waals surface area (Å²) in [6, 6.07) is 7.32. The second-order valence-corrected chi connectivity index (χ2v) is 6.30. The van der Waals surface area contributed by atoms with E-state index in [1.807, 2.05) is 19.2 Å². The van der Waals surface area contributed by atoms with Gasteiger partial charge < -0.3 is 16.0 Å². The van der Waals surface area contributed by atoms with E-state index in [1.54, 1.807) is 12.1 Å². The molecule has 0 aromatic heterocycles. The van der Waals surface area contributed by atoms with Crippen molar-refractivity contribution >= 4 is 35.8 Å². The molecule has 0 atom stereocenters. The van der Waals surface area contributed by atoms with Gasteiger partial charge in [0.25, 0.3) is 0 Å². The molecule has 1 fully saturated rings. The fraction of sp³-hybridized carbons (Fsp3) is 0.500. The number of carbonyl (C=O) groups is 1. The number of nitrogens with zero attached hydrogens (tertiary/aromatic N) is 2. The Morgan fingerprint density at radius 3 is 2.45 bits per heavy atom. The van der Waals surface area contributed by atoms with Crippen LogP contribution in [-0.2, 0) is 6.54 Å². The van der Waals surface area contributed by atoms with Gasteiger partial charge in [-0.05, 0) is 29.5 Å². The number of hydrogen-bond acceptors (Lipinski definition) is 2. The van der Waals surface area contributed by atoms with Crippen molar-refractivity contribution in [3.63, 3.8) is 0 Å². The van der Waals surface area contributed by atoms with Gasteiger partial charge in [0.05, 0.1) is 0 Å². The van der Waals surface area contributed by atoms with Crippen LogP contribution in [0.25, 0.3) is 0 Å². The van der Waals surface area contributed by atoms with Gasteiger partial charge in [-0.2, -0.15) is 0 Å². The average molecular weight is 416 g/mol. The van der Waals surface area contributed by atoms with Crippen molar-refractivity contribution in [3.05, 3.63) is 35.4 Å². The van der Waals surface area contributed by atoms with Crippen molar-refractivity contribution in [1.29, 1.82) is 0 Å². The molecule has 122 valence electrons. The van der Waals surface area contributed by atoms with Crippen molar-refractivity contribution in [1.82, 2.24) is 10.2 Å². The molecule has 1 saturated heterocycles. The summed E-state index contributed by atoms with van der Waals surface area (Å²) in [4.78, 5) is 17.7. The highest BCUT2D eigenvalue weighted by Crippen LogP contribution is 2.28. The van der Waals surface area contributed by atoms with Gasteiger partial charge in [0.1, 0.15) is 0 Å². The van der Waals surface area contributed by atoms with Gasteiger partial charge in [0.2, 0.25) is 5.91 Å². The maximum atomic E-state index is 11.0. The van der Waals surface area contributed by atoms with E-state index in [-0.39, 0.29) is 24.0 Å². The second kappa shape index (κ2) is 7.80. The quantitative estimate of drug-likeness (QED) is 0.451. The maximum Gasteiger partial charge on any atom is 0.248 e. The molecule has 1 heterocycles. The SMILES string of the molecule is CN=C(NCc1ccc(C(N)=O)cc1)N1CCC(C)(C)C1.I. The molecular weight excluding hydrogens is 391 g/mol. The van der Waals surface area contributed by atoms with Crippen molar-refractivity contribution in [2.24, 2.45) is 16.1 Å². The van der Waals surface area contributed by atoms with Crippen molar-refractivity contribution in [2.75, 3.05) is 20.1 Å². The molecule has 0 saturated carbocycles. The third-order valence-electron chi connectivity index (χ3n) is 3.88. The highest BCUT2D eigenvalue weighted by molar-refractivity contribution is 14.0. The number of nitrogens with one attached hydrogen (secondary N) is 1. The van der Waals surface area contributed by atoms with E-state index in [4.69, 9.17) is 5.73 Å². The number of carbonyl (C=O) groups excluding carboxylic acids is 1. The standard InChI is InChI=1S/C16H24N4O.HI/c1-16(2)8-9-20(11-16)15(18-3)19-10-12-4-6-13(7-5-12)14(17)21;/h4-7H,8-11H2,1-3H3,(H2,17,21)(H,18,19);1H. The normalized spacial score (nSPS) is 17.0. The molecule has 0 radical (unpaired) electrons.